The van der Waals surface area contributed by atoms with Gasteiger partial charge in [0.05, 0.1) is 12.5 Å². The van der Waals surface area contributed by atoms with Crippen molar-refractivity contribution in [2.45, 2.75) is 85.5 Å². The van der Waals surface area contributed by atoms with E-state index in [9.17, 15) is 14.4 Å². The second-order valence-corrected chi connectivity index (χ2v) is 6.20. The Kier molecular flexibility index (Phi) is 12.6. The standard InChI is InChI=1S/C19H34O4/c1-5-9-11-15(7-3)18(21)17(20)13-14-23-19(22)16(8-4)12-10-6-2/h15-16H,5-14H2,1-4H3. The maximum Gasteiger partial charge on any atom is 0.308 e. The zero-order chi connectivity index (χ0) is 17.7. The molecule has 0 heterocycles. The summed E-state index contributed by atoms with van der Waals surface area (Å²) in [6.07, 6.45) is 7.08. The van der Waals surface area contributed by atoms with Crippen LogP contribution in [0.4, 0.5) is 0 Å². The molecule has 134 valence electrons. The number of unbranched alkanes of at least 4 members (excludes halogenated alkanes) is 2. The number of esters is 1. The number of hydrogen-bond acceptors (Lipinski definition) is 4. The molecule has 0 aromatic heterocycles. The van der Waals surface area contributed by atoms with Crippen LogP contribution in [-0.4, -0.2) is 24.1 Å². The number of carbonyl (C=O) groups excluding carboxylic acids is 3. The van der Waals surface area contributed by atoms with Crippen LogP contribution in [0.3, 0.4) is 0 Å². The molecule has 0 aromatic carbocycles. The third-order valence-corrected chi connectivity index (χ3v) is 4.35. The van der Waals surface area contributed by atoms with Gasteiger partial charge in [0.25, 0.3) is 0 Å². The molecule has 0 aliphatic rings. The lowest BCUT2D eigenvalue weighted by Crippen LogP contribution is -2.26. The van der Waals surface area contributed by atoms with Crippen LogP contribution in [0.25, 0.3) is 0 Å². The topological polar surface area (TPSA) is 60.4 Å². The Balaban J connectivity index is 4.21. The molecule has 0 amide bonds. The summed E-state index contributed by atoms with van der Waals surface area (Å²) < 4.78 is 5.20. The van der Waals surface area contributed by atoms with E-state index in [4.69, 9.17) is 4.74 Å². The van der Waals surface area contributed by atoms with Crippen molar-refractivity contribution < 1.29 is 19.1 Å². The minimum Gasteiger partial charge on any atom is -0.465 e. The smallest absolute Gasteiger partial charge is 0.308 e. The van der Waals surface area contributed by atoms with Crippen molar-refractivity contribution >= 4 is 17.5 Å². The molecular weight excluding hydrogens is 292 g/mol. The fraction of sp³-hybridized carbons (Fsp3) is 0.842. The number of rotatable bonds is 14. The summed E-state index contributed by atoms with van der Waals surface area (Å²) in [6.45, 7) is 8.09. The maximum atomic E-state index is 12.1. The Morgan fingerprint density at radius 2 is 1.35 bits per heavy atom. The van der Waals surface area contributed by atoms with Gasteiger partial charge in [0.2, 0.25) is 11.6 Å². The fourth-order valence-corrected chi connectivity index (χ4v) is 2.62. The summed E-state index contributed by atoms with van der Waals surface area (Å²) in [7, 11) is 0. The van der Waals surface area contributed by atoms with Crippen LogP contribution in [0.15, 0.2) is 0 Å². The molecule has 0 aromatic rings. The lowest BCUT2D eigenvalue weighted by Gasteiger charge is -2.14. The molecule has 23 heavy (non-hydrogen) atoms. The second kappa shape index (κ2) is 13.3. The Labute approximate surface area is 141 Å². The third-order valence-electron chi connectivity index (χ3n) is 4.35. The molecule has 4 heteroatoms. The van der Waals surface area contributed by atoms with Gasteiger partial charge in [-0.1, -0.05) is 53.4 Å². The molecule has 0 rings (SSSR count). The first-order valence-corrected chi connectivity index (χ1v) is 9.25. The number of ketones is 2. The van der Waals surface area contributed by atoms with Gasteiger partial charge in [-0.15, -0.1) is 0 Å². The van der Waals surface area contributed by atoms with E-state index in [0.29, 0.717) is 6.42 Å². The molecule has 0 aliphatic heterocycles. The quantitative estimate of drug-likeness (QED) is 0.348. The second-order valence-electron chi connectivity index (χ2n) is 6.20. The summed E-state index contributed by atoms with van der Waals surface area (Å²) in [6, 6.07) is 0. The monoisotopic (exact) mass is 326 g/mol. The molecule has 0 bridgehead atoms. The molecule has 2 unspecified atom stereocenters. The maximum absolute atomic E-state index is 12.1. The summed E-state index contributed by atoms with van der Waals surface area (Å²) in [5, 5.41) is 0. The van der Waals surface area contributed by atoms with Crippen molar-refractivity contribution in [1.29, 1.82) is 0 Å². The van der Waals surface area contributed by atoms with Gasteiger partial charge in [-0.25, -0.2) is 0 Å². The average molecular weight is 326 g/mol. The zero-order valence-electron chi connectivity index (χ0n) is 15.4. The Bertz CT molecular complexity index is 362. The van der Waals surface area contributed by atoms with Gasteiger partial charge in [0.15, 0.2) is 0 Å². The van der Waals surface area contributed by atoms with Crippen LogP contribution < -0.4 is 0 Å². The molecule has 0 saturated heterocycles. The summed E-state index contributed by atoms with van der Waals surface area (Å²) in [5.74, 6) is -1.20. The van der Waals surface area contributed by atoms with Crippen LogP contribution in [0, 0.1) is 11.8 Å². The van der Waals surface area contributed by atoms with E-state index < -0.39 is 5.78 Å². The third kappa shape index (κ3) is 8.87. The lowest BCUT2D eigenvalue weighted by molar-refractivity contribution is -0.150. The Morgan fingerprint density at radius 3 is 1.83 bits per heavy atom. The Morgan fingerprint density at radius 1 is 0.826 bits per heavy atom. The first kappa shape index (κ1) is 21.8. The molecule has 0 saturated carbocycles. The van der Waals surface area contributed by atoms with Gasteiger partial charge >= 0.3 is 5.97 Å². The summed E-state index contributed by atoms with van der Waals surface area (Å²) >= 11 is 0. The van der Waals surface area contributed by atoms with E-state index in [2.05, 4.69) is 13.8 Å². The van der Waals surface area contributed by atoms with E-state index in [0.717, 1.165) is 44.9 Å². The van der Waals surface area contributed by atoms with Gasteiger partial charge in [0, 0.05) is 12.3 Å². The van der Waals surface area contributed by atoms with Crippen molar-refractivity contribution in [2.75, 3.05) is 6.61 Å². The van der Waals surface area contributed by atoms with Crippen molar-refractivity contribution in [3.8, 4) is 0 Å². The van der Waals surface area contributed by atoms with Crippen LogP contribution >= 0.6 is 0 Å². The molecular formula is C19H34O4. The fourth-order valence-electron chi connectivity index (χ4n) is 2.62. The van der Waals surface area contributed by atoms with Crippen LogP contribution in [0.1, 0.15) is 85.5 Å². The highest BCUT2D eigenvalue weighted by atomic mass is 16.5. The predicted octanol–water partition coefficient (Wildman–Crippen LogP) is 4.49. The molecule has 2 atom stereocenters. The predicted molar refractivity (Wildman–Crippen MR) is 92.2 cm³/mol. The van der Waals surface area contributed by atoms with Gasteiger partial charge < -0.3 is 4.74 Å². The summed E-state index contributed by atoms with van der Waals surface area (Å²) in [4.78, 5) is 36.0. The van der Waals surface area contributed by atoms with E-state index in [1.165, 1.54) is 0 Å². The Hall–Kier alpha value is -1.19. The highest BCUT2D eigenvalue weighted by molar-refractivity contribution is 6.37. The van der Waals surface area contributed by atoms with Crippen molar-refractivity contribution in [1.82, 2.24) is 0 Å². The summed E-state index contributed by atoms with van der Waals surface area (Å²) in [5.41, 5.74) is 0. The normalized spacial score (nSPS) is 13.4. The molecule has 0 N–H and O–H groups in total. The van der Waals surface area contributed by atoms with E-state index >= 15 is 0 Å². The van der Waals surface area contributed by atoms with Crippen LogP contribution in [0.5, 0.6) is 0 Å². The molecule has 4 nitrogen and oxygen atoms in total. The minimum atomic E-state index is -0.401. The molecule has 0 aliphatic carbocycles. The molecule has 0 radical (unpaired) electrons. The average Bonchev–Trinajstić information content (AvgIpc) is 2.55. The van der Waals surface area contributed by atoms with Gasteiger partial charge in [-0.3, -0.25) is 14.4 Å². The zero-order valence-corrected chi connectivity index (χ0v) is 15.4. The van der Waals surface area contributed by atoms with E-state index in [-0.39, 0.29) is 36.6 Å². The van der Waals surface area contributed by atoms with Crippen molar-refractivity contribution in [2.24, 2.45) is 11.8 Å². The van der Waals surface area contributed by atoms with Crippen LogP contribution in [-0.2, 0) is 19.1 Å². The SMILES string of the molecule is CCCCC(CC)C(=O)OCCC(=O)C(=O)C(CC)CCCC. The highest BCUT2D eigenvalue weighted by Gasteiger charge is 2.24. The number of ether oxygens (including phenoxy) is 1. The minimum absolute atomic E-state index is 0.0113. The number of hydrogen-bond donors (Lipinski definition) is 0. The first-order chi connectivity index (χ1) is 11.0. The van der Waals surface area contributed by atoms with Gasteiger partial charge in [-0.05, 0) is 25.7 Å². The number of carbonyl (C=O) groups is 3. The van der Waals surface area contributed by atoms with Gasteiger partial charge in [-0.2, -0.15) is 0 Å². The molecule has 0 fully saturated rings. The van der Waals surface area contributed by atoms with E-state index in [1.807, 2.05) is 13.8 Å². The van der Waals surface area contributed by atoms with Crippen LogP contribution in [0.2, 0.25) is 0 Å². The van der Waals surface area contributed by atoms with Gasteiger partial charge in [0.1, 0.15) is 0 Å². The van der Waals surface area contributed by atoms with Crippen molar-refractivity contribution in [3.63, 3.8) is 0 Å². The molecule has 0 spiro atoms. The van der Waals surface area contributed by atoms with E-state index in [1.54, 1.807) is 0 Å². The highest BCUT2D eigenvalue weighted by Crippen LogP contribution is 2.16. The largest absolute Gasteiger partial charge is 0.465 e. The van der Waals surface area contributed by atoms with Crippen molar-refractivity contribution in [3.05, 3.63) is 0 Å². The lowest BCUT2D eigenvalue weighted by atomic mass is 9.92. The number of Topliss-reactive ketones (excluding diaryl/α,β-unsaturated/α-hetero) is 2. The first-order valence-electron chi connectivity index (χ1n) is 9.25.